The molecule has 1 aliphatic heterocycles. The normalized spacial score (nSPS) is 15.2. The minimum Gasteiger partial charge on any atom is -0.366 e. The van der Waals surface area contributed by atoms with Crippen LogP contribution in [-0.2, 0) is 6.42 Å². The third-order valence-corrected chi connectivity index (χ3v) is 6.09. The number of pyridine rings is 1. The van der Waals surface area contributed by atoms with Gasteiger partial charge in [-0.1, -0.05) is 30.3 Å². The van der Waals surface area contributed by atoms with E-state index in [4.69, 9.17) is 10.7 Å². The average molecular weight is 425 g/mol. The fourth-order valence-electron chi connectivity index (χ4n) is 4.33. The number of rotatable bonds is 4. The summed E-state index contributed by atoms with van der Waals surface area (Å²) in [5, 5.41) is 3.28. The SMILES string of the molecule is NC(=O)c1ccc(C2=CCc3ncc(-c4cccc(C(=O)N5CCNCC5)c4)cc32)cc1. The van der Waals surface area contributed by atoms with E-state index in [1.165, 1.54) is 0 Å². The highest BCUT2D eigenvalue weighted by molar-refractivity contribution is 5.96. The number of primary amides is 1. The third-order valence-electron chi connectivity index (χ3n) is 6.09. The van der Waals surface area contributed by atoms with Crippen molar-refractivity contribution in [2.45, 2.75) is 6.42 Å². The maximum Gasteiger partial charge on any atom is 0.253 e. The van der Waals surface area contributed by atoms with Crippen molar-refractivity contribution in [2.24, 2.45) is 5.73 Å². The molecule has 0 bridgehead atoms. The minimum atomic E-state index is -0.434. The summed E-state index contributed by atoms with van der Waals surface area (Å²) in [7, 11) is 0. The fourth-order valence-corrected chi connectivity index (χ4v) is 4.33. The van der Waals surface area contributed by atoms with Gasteiger partial charge in [-0.05, 0) is 47.0 Å². The van der Waals surface area contributed by atoms with Crippen molar-refractivity contribution in [3.05, 3.63) is 94.8 Å². The van der Waals surface area contributed by atoms with Gasteiger partial charge in [0.05, 0.1) is 5.69 Å². The molecule has 0 saturated carbocycles. The molecule has 2 amide bonds. The number of amides is 2. The quantitative estimate of drug-likeness (QED) is 0.674. The zero-order chi connectivity index (χ0) is 22.1. The van der Waals surface area contributed by atoms with Crippen molar-refractivity contribution in [2.75, 3.05) is 26.2 Å². The molecule has 6 heteroatoms. The number of fused-ring (bicyclic) bond motifs is 1. The lowest BCUT2D eigenvalue weighted by Gasteiger charge is -2.27. The van der Waals surface area contributed by atoms with E-state index < -0.39 is 5.91 Å². The summed E-state index contributed by atoms with van der Waals surface area (Å²) in [5.74, 6) is -0.367. The molecular weight excluding hydrogens is 400 g/mol. The van der Waals surface area contributed by atoms with Crippen molar-refractivity contribution >= 4 is 17.4 Å². The number of nitrogens with zero attached hydrogens (tertiary/aromatic N) is 2. The van der Waals surface area contributed by atoms with Gasteiger partial charge in [0.1, 0.15) is 0 Å². The first-order valence-electron chi connectivity index (χ1n) is 10.8. The molecule has 5 rings (SSSR count). The van der Waals surface area contributed by atoms with E-state index in [0.29, 0.717) is 11.1 Å². The van der Waals surface area contributed by atoms with Gasteiger partial charge in [-0.3, -0.25) is 14.6 Å². The van der Waals surface area contributed by atoms with Crippen LogP contribution in [0.25, 0.3) is 16.7 Å². The van der Waals surface area contributed by atoms with E-state index in [0.717, 1.165) is 66.1 Å². The second-order valence-electron chi connectivity index (χ2n) is 8.10. The predicted octanol–water partition coefficient (Wildman–Crippen LogP) is 2.88. The van der Waals surface area contributed by atoms with E-state index in [1.54, 1.807) is 12.1 Å². The van der Waals surface area contributed by atoms with Gasteiger partial charge < -0.3 is 16.0 Å². The van der Waals surface area contributed by atoms with Crippen molar-refractivity contribution in [3.63, 3.8) is 0 Å². The molecule has 160 valence electrons. The molecule has 2 aromatic carbocycles. The lowest BCUT2D eigenvalue weighted by Crippen LogP contribution is -2.46. The molecule has 1 saturated heterocycles. The second kappa shape index (κ2) is 8.40. The van der Waals surface area contributed by atoms with Gasteiger partial charge in [0.15, 0.2) is 0 Å². The summed E-state index contributed by atoms with van der Waals surface area (Å²) < 4.78 is 0. The molecule has 0 unspecified atom stereocenters. The summed E-state index contributed by atoms with van der Waals surface area (Å²) in [5.41, 5.74) is 12.7. The highest BCUT2D eigenvalue weighted by Crippen LogP contribution is 2.34. The van der Waals surface area contributed by atoms with Crippen LogP contribution in [0.4, 0.5) is 0 Å². The van der Waals surface area contributed by atoms with Gasteiger partial charge in [-0.25, -0.2) is 0 Å². The molecule has 2 heterocycles. The largest absolute Gasteiger partial charge is 0.366 e. The second-order valence-corrected chi connectivity index (χ2v) is 8.10. The van der Waals surface area contributed by atoms with Gasteiger partial charge >= 0.3 is 0 Å². The summed E-state index contributed by atoms with van der Waals surface area (Å²) in [6, 6.07) is 17.2. The Bertz CT molecular complexity index is 1220. The summed E-state index contributed by atoms with van der Waals surface area (Å²) >= 11 is 0. The van der Waals surface area contributed by atoms with Crippen LogP contribution in [0.5, 0.6) is 0 Å². The number of carbonyl (C=O) groups is 2. The molecule has 0 radical (unpaired) electrons. The first kappa shape index (κ1) is 20.2. The Morgan fingerprint density at radius 3 is 2.44 bits per heavy atom. The Labute approximate surface area is 186 Å². The van der Waals surface area contributed by atoms with Crippen LogP contribution in [0.15, 0.2) is 66.9 Å². The van der Waals surface area contributed by atoms with Crippen molar-refractivity contribution in [1.29, 1.82) is 0 Å². The first-order valence-corrected chi connectivity index (χ1v) is 10.8. The number of nitrogens with one attached hydrogen (secondary N) is 1. The Kier molecular flexibility index (Phi) is 5.29. The maximum absolute atomic E-state index is 12.9. The Hall–Kier alpha value is -3.77. The van der Waals surface area contributed by atoms with Crippen molar-refractivity contribution < 1.29 is 9.59 Å². The topological polar surface area (TPSA) is 88.3 Å². The molecule has 1 aliphatic carbocycles. The summed E-state index contributed by atoms with van der Waals surface area (Å²) in [6.45, 7) is 3.11. The van der Waals surface area contributed by atoms with Gasteiger partial charge in [0, 0.05) is 61.1 Å². The number of aromatic nitrogens is 1. The number of hydrogen-bond acceptors (Lipinski definition) is 4. The van der Waals surface area contributed by atoms with E-state index in [2.05, 4.69) is 17.5 Å². The van der Waals surface area contributed by atoms with E-state index in [-0.39, 0.29) is 5.91 Å². The third kappa shape index (κ3) is 3.81. The van der Waals surface area contributed by atoms with Crippen LogP contribution in [0.3, 0.4) is 0 Å². The van der Waals surface area contributed by atoms with Crippen LogP contribution in [0.2, 0.25) is 0 Å². The predicted molar refractivity (Wildman–Crippen MR) is 124 cm³/mol. The standard InChI is InChI=1S/C26H24N4O2/c27-25(31)18-6-4-17(5-7-18)22-8-9-24-23(22)15-21(16-29-24)19-2-1-3-20(14-19)26(32)30-12-10-28-11-13-30/h1-8,14-16,28H,9-13H2,(H2,27,31). The Balaban J connectivity index is 1.44. The lowest BCUT2D eigenvalue weighted by molar-refractivity contribution is 0.0735. The van der Waals surface area contributed by atoms with E-state index >= 15 is 0 Å². The zero-order valence-electron chi connectivity index (χ0n) is 17.7. The smallest absolute Gasteiger partial charge is 0.253 e. The van der Waals surface area contributed by atoms with Crippen LogP contribution in [-0.4, -0.2) is 47.9 Å². The number of benzene rings is 2. The molecular formula is C26H24N4O2. The summed E-state index contributed by atoms with van der Waals surface area (Å²) in [6.07, 6.45) is 4.80. The summed E-state index contributed by atoms with van der Waals surface area (Å²) in [4.78, 5) is 30.9. The maximum atomic E-state index is 12.9. The average Bonchev–Trinajstić information content (AvgIpc) is 3.27. The molecule has 1 aromatic heterocycles. The fraction of sp³-hybridized carbons (Fsp3) is 0.192. The first-order chi connectivity index (χ1) is 15.6. The molecule has 2 aliphatic rings. The highest BCUT2D eigenvalue weighted by atomic mass is 16.2. The number of carbonyl (C=O) groups excluding carboxylic acids is 2. The number of nitrogens with two attached hydrogens (primary N) is 1. The van der Waals surface area contributed by atoms with E-state index in [9.17, 15) is 9.59 Å². The highest BCUT2D eigenvalue weighted by Gasteiger charge is 2.20. The van der Waals surface area contributed by atoms with Crippen LogP contribution in [0.1, 0.15) is 37.5 Å². The molecule has 32 heavy (non-hydrogen) atoms. The Morgan fingerprint density at radius 2 is 1.69 bits per heavy atom. The van der Waals surface area contributed by atoms with E-state index in [1.807, 2.05) is 47.5 Å². The van der Waals surface area contributed by atoms with Crippen molar-refractivity contribution in [1.82, 2.24) is 15.2 Å². The Morgan fingerprint density at radius 1 is 0.906 bits per heavy atom. The molecule has 0 atom stereocenters. The molecule has 0 spiro atoms. The molecule has 3 aromatic rings. The van der Waals surface area contributed by atoms with Crippen molar-refractivity contribution in [3.8, 4) is 11.1 Å². The molecule has 6 nitrogen and oxygen atoms in total. The zero-order valence-corrected chi connectivity index (χ0v) is 17.7. The van der Waals surface area contributed by atoms with Crippen LogP contribution in [0, 0.1) is 0 Å². The van der Waals surface area contributed by atoms with Gasteiger partial charge in [-0.2, -0.15) is 0 Å². The number of piperazine rings is 1. The van der Waals surface area contributed by atoms with Gasteiger partial charge in [0.25, 0.3) is 5.91 Å². The number of hydrogen-bond donors (Lipinski definition) is 2. The number of allylic oxidation sites excluding steroid dienone is 1. The minimum absolute atomic E-state index is 0.0672. The monoisotopic (exact) mass is 424 g/mol. The molecule has 3 N–H and O–H groups in total. The van der Waals surface area contributed by atoms with Crippen LogP contribution < -0.4 is 11.1 Å². The van der Waals surface area contributed by atoms with Crippen LogP contribution >= 0.6 is 0 Å². The lowest BCUT2D eigenvalue weighted by atomic mass is 9.96. The molecule has 1 fully saturated rings. The van der Waals surface area contributed by atoms with Gasteiger partial charge in [-0.15, -0.1) is 0 Å². The van der Waals surface area contributed by atoms with Gasteiger partial charge in [0.2, 0.25) is 5.91 Å².